The Bertz CT molecular complexity index is 807. The van der Waals surface area contributed by atoms with Crippen molar-refractivity contribution in [2.75, 3.05) is 12.4 Å². The molecule has 3 fully saturated rings. The largest absolute Gasteiger partial charge is 0.398 e. The van der Waals surface area contributed by atoms with Crippen molar-refractivity contribution in [2.24, 2.45) is 28.3 Å². The summed E-state index contributed by atoms with van der Waals surface area (Å²) in [7, 11) is 1.36. The Hall–Kier alpha value is -2.09. The zero-order valence-corrected chi connectivity index (χ0v) is 16.8. The third-order valence-corrected chi connectivity index (χ3v) is 6.72. The van der Waals surface area contributed by atoms with Crippen molar-refractivity contribution < 1.29 is 9.63 Å². The molecular weight excluding hydrogens is 370 g/mol. The third-order valence-electron chi connectivity index (χ3n) is 6.36. The lowest BCUT2D eigenvalue weighted by atomic mass is 9.45. The van der Waals surface area contributed by atoms with Crippen molar-refractivity contribution >= 4 is 29.5 Å². The van der Waals surface area contributed by atoms with Gasteiger partial charge in [-0.15, -0.1) is 0 Å². The van der Waals surface area contributed by atoms with E-state index in [9.17, 15) is 9.59 Å². The summed E-state index contributed by atoms with van der Waals surface area (Å²) < 4.78 is 1.02. The van der Waals surface area contributed by atoms with Crippen molar-refractivity contribution in [3.63, 3.8) is 0 Å². The normalized spacial score (nSPS) is 28.5. The summed E-state index contributed by atoms with van der Waals surface area (Å²) >= 11 is 6.27. The first kappa shape index (κ1) is 19.7. The van der Waals surface area contributed by atoms with Gasteiger partial charge in [-0.2, -0.15) is 5.10 Å². The lowest BCUT2D eigenvalue weighted by molar-refractivity contribution is -0.120. The second-order valence-corrected chi connectivity index (χ2v) is 8.40. The van der Waals surface area contributed by atoms with Gasteiger partial charge >= 0.3 is 0 Å². The number of nitrogens with zero attached hydrogens (tertiary/aromatic N) is 3. The smallest absolute Gasteiger partial charge is 0.288 e. The summed E-state index contributed by atoms with van der Waals surface area (Å²) in [4.78, 5) is 28.7. The van der Waals surface area contributed by atoms with Crippen LogP contribution in [0.1, 0.15) is 33.6 Å². The van der Waals surface area contributed by atoms with Crippen LogP contribution >= 0.6 is 11.6 Å². The molecule has 3 aliphatic carbocycles. The van der Waals surface area contributed by atoms with Crippen LogP contribution < -0.4 is 16.2 Å². The number of anilines is 1. The molecule has 1 heterocycles. The van der Waals surface area contributed by atoms with Crippen LogP contribution in [0.15, 0.2) is 16.1 Å². The van der Waals surface area contributed by atoms with E-state index in [-0.39, 0.29) is 17.6 Å². The standard InChI is InChI=1S/C18H26ClN5O3/c1-10-12-5-11(18(12,2)3)6-13(10)23-14-7-21-24(17(26)16(14)19)8-15(25)20-9-22-27-4/h7,9-13,23H,5-6,8H2,1-4H3,(H,20,22,25)/t10-,11-,12+,13-/m1/s1. The van der Waals surface area contributed by atoms with Gasteiger partial charge in [-0.1, -0.05) is 37.5 Å². The molecule has 0 saturated heterocycles. The quantitative estimate of drug-likeness (QED) is 0.436. The molecular formula is C18H26ClN5O3. The van der Waals surface area contributed by atoms with E-state index in [1.54, 1.807) is 0 Å². The van der Waals surface area contributed by atoms with Crippen molar-refractivity contribution in [1.29, 1.82) is 0 Å². The second-order valence-electron chi connectivity index (χ2n) is 8.03. The summed E-state index contributed by atoms with van der Waals surface area (Å²) in [5, 5.41) is 13.3. The summed E-state index contributed by atoms with van der Waals surface area (Å²) in [6, 6.07) is 0.268. The Balaban J connectivity index is 1.68. The topological polar surface area (TPSA) is 97.6 Å². The fourth-order valence-electron chi connectivity index (χ4n) is 4.55. The van der Waals surface area contributed by atoms with Crippen LogP contribution in [0.3, 0.4) is 0 Å². The average Bonchev–Trinajstić information content (AvgIpc) is 2.62. The van der Waals surface area contributed by atoms with E-state index in [2.05, 4.69) is 46.5 Å². The molecule has 4 atom stereocenters. The second kappa shape index (κ2) is 7.50. The first-order valence-electron chi connectivity index (χ1n) is 9.12. The highest BCUT2D eigenvalue weighted by molar-refractivity contribution is 6.32. The number of aromatic nitrogens is 2. The van der Waals surface area contributed by atoms with Crippen LogP contribution in [0.5, 0.6) is 0 Å². The Morgan fingerprint density at radius 3 is 2.89 bits per heavy atom. The minimum atomic E-state index is -0.505. The fourth-order valence-corrected chi connectivity index (χ4v) is 4.75. The molecule has 8 nitrogen and oxygen atoms in total. The number of nitrogens with one attached hydrogen (secondary N) is 2. The number of amides is 1. The van der Waals surface area contributed by atoms with Crippen molar-refractivity contribution in [3.05, 3.63) is 21.6 Å². The van der Waals surface area contributed by atoms with Gasteiger partial charge in [-0.3, -0.25) is 9.59 Å². The van der Waals surface area contributed by atoms with Gasteiger partial charge in [0.15, 0.2) is 0 Å². The van der Waals surface area contributed by atoms with Gasteiger partial charge in [0.2, 0.25) is 5.91 Å². The van der Waals surface area contributed by atoms with E-state index in [0.717, 1.165) is 17.4 Å². The van der Waals surface area contributed by atoms with Gasteiger partial charge in [-0.25, -0.2) is 4.68 Å². The van der Waals surface area contributed by atoms with Crippen LogP contribution in [-0.2, 0) is 16.2 Å². The molecule has 1 amide bonds. The first-order chi connectivity index (χ1) is 12.8. The molecule has 2 bridgehead atoms. The average molecular weight is 396 g/mol. The minimum absolute atomic E-state index is 0.0501. The molecule has 0 radical (unpaired) electrons. The first-order valence-corrected chi connectivity index (χ1v) is 9.50. The van der Waals surface area contributed by atoms with Crippen LogP contribution in [-0.4, -0.2) is 35.2 Å². The SMILES string of the molecule is CO/N=C\NC(=O)Cn1ncc(N[C@@H]2C[C@H]3C[C@@H]([C@H]2C)C3(C)C)c(Cl)c1=O. The zero-order chi connectivity index (χ0) is 19.8. The number of carbonyl (C=O) groups is 1. The Morgan fingerprint density at radius 2 is 2.26 bits per heavy atom. The van der Waals surface area contributed by atoms with Gasteiger partial charge < -0.3 is 15.5 Å². The Labute approximate surface area is 163 Å². The van der Waals surface area contributed by atoms with E-state index < -0.39 is 11.5 Å². The molecule has 1 aromatic rings. The summed E-state index contributed by atoms with van der Waals surface area (Å²) in [6.45, 7) is 6.69. The predicted molar refractivity (Wildman–Crippen MR) is 104 cm³/mol. The van der Waals surface area contributed by atoms with Gasteiger partial charge in [0, 0.05) is 6.04 Å². The number of fused-ring (bicyclic) bond motifs is 2. The molecule has 3 aliphatic rings. The molecule has 3 saturated carbocycles. The lowest BCUT2D eigenvalue weighted by Crippen LogP contribution is -2.58. The third kappa shape index (κ3) is 3.67. The van der Waals surface area contributed by atoms with E-state index >= 15 is 0 Å². The highest BCUT2D eigenvalue weighted by Gasteiger charge is 2.56. The monoisotopic (exact) mass is 395 g/mol. The van der Waals surface area contributed by atoms with Crippen LogP contribution in [0.25, 0.3) is 0 Å². The molecule has 9 heteroatoms. The van der Waals surface area contributed by atoms with Crippen molar-refractivity contribution in [3.8, 4) is 0 Å². The number of oxime groups is 1. The number of hydrogen-bond donors (Lipinski definition) is 2. The van der Waals surface area contributed by atoms with Crippen LogP contribution in [0.4, 0.5) is 5.69 Å². The Kier molecular flexibility index (Phi) is 5.46. The highest BCUT2D eigenvalue weighted by atomic mass is 35.5. The van der Waals surface area contributed by atoms with Crippen molar-refractivity contribution in [2.45, 2.75) is 46.2 Å². The molecule has 148 valence electrons. The number of hydrogen-bond acceptors (Lipinski definition) is 6. The van der Waals surface area contributed by atoms with E-state index in [0.29, 0.717) is 28.9 Å². The minimum Gasteiger partial charge on any atom is -0.398 e. The summed E-state index contributed by atoms with van der Waals surface area (Å²) in [5.74, 6) is 1.42. The van der Waals surface area contributed by atoms with E-state index in [1.165, 1.54) is 19.7 Å². The maximum Gasteiger partial charge on any atom is 0.288 e. The molecule has 27 heavy (non-hydrogen) atoms. The van der Waals surface area contributed by atoms with Crippen molar-refractivity contribution in [1.82, 2.24) is 15.1 Å². The maximum atomic E-state index is 12.4. The number of carbonyl (C=O) groups excluding carboxylic acids is 1. The maximum absolute atomic E-state index is 12.4. The highest BCUT2D eigenvalue weighted by Crippen LogP contribution is 2.61. The Morgan fingerprint density at radius 1 is 1.52 bits per heavy atom. The molecule has 0 unspecified atom stereocenters. The molecule has 1 aromatic heterocycles. The zero-order valence-electron chi connectivity index (χ0n) is 16.0. The van der Waals surface area contributed by atoms with E-state index in [1.807, 2.05) is 0 Å². The molecule has 0 spiro atoms. The number of halogens is 1. The summed E-state index contributed by atoms with van der Waals surface area (Å²) in [5.41, 5.74) is 0.410. The van der Waals surface area contributed by atoms with Gasteiger partial charge in [0.05, 0.1) is 11.9 Å². The van der Waals surface area contributed by atoms with Gasteiger partial charge in [0.25, 0.3) is 5.56 Å². The van der Waals surface area contributed by atoms with Crippen LogP contribution in [0, 0.1) is 23.2 Å². The molecule has 4 rings (SSSR count). The number of rotatable bonds is 6. The molecule has 0 aliphatic heterocycles. The molecule has 0 aromatic carbocycles. The fraction of sp³-hybridized carbons (Fsp3) is 0.667. The lowest BCUT2D eigenvalue weighted by Gasteiger charge is -2.62. The predicted octanol–water partition coefficient (Wildman–Crippen LogP) is 2.09. The van der Waals surface area contributed by atoms with Crippen LogP contribution in [0.2, 0.25) is 5.02 Å². The van der Waals surface area contributed by atoms with E-state index in [4.69, 9.17) is 11.6 Å². The van der Waals surface area contributed by atoms with Gasteiger partial charge in [-0.05, 0) is 36.0 Å². The van der Waals surface area contributed by atoms with Gasteiger partial charge in [0.1, 0.15) is 25.0 Å². The summed E-state index contributed by atoms with van der Waals surface area (Å²) in [6.07, 6.45) is 4.95. The molecule has 2 N–H and O–H groups in total.